The molecule has 2 aromatic rings. The molecule has 0 unspecified atom stereocenters. The molecule has 0 bridgehead atoms. The maximum Gasteiger partial charge on any atom is 0.265 e. The zero-order chi connectivity index (χ0) is 14.9. The van der Waals surface area contributed by atoms with Crippen molar-refractivity contribution in [1.29, 1.82) is 0 Å². The molecule has 0 amide bonds. The average Bonchev–Trinajstić information content (AvgIpc) is 2.25. The van der Waals surface area contributed by atoms with Crippen LogP contribution in [0.3, 0.4) is 0 Å². The molecule has 0 atom stereocenters. The van der Waals surface area contributed by atoms with Crippen molar-refractivity contribution in [2.75, 3.05) is 4.72 Å². The Morgan fingerprint density at radius 1 is 1.15 bits per heavy atom. The molecule has 0 aliphatic rings. The summed E-state index contributed by atoms with van der Waals surface area (Å²) in [7, 11) is -4.15. The highest BCUT2D eigenvalue weighted by Gasteiger charge is 2.23. The Kier molecular flexibility index (Phi) is 4.10. The fraction of sp³-hybridized carbons (Fsp3) is 0.0769. The number of hydrogen-bond acceptors (Lipinski definition) is 2. The summed E-state index contributed by atoms with van der Waals surface area (Å²) in [5.41, 5.74) is 1.16. The third-order valence-electron chi connectivity index (χ3n) is 2.50. The fourth-order valence-electron chi connectivity index (χ4n) is 1.70. The van der Waals surface area contributed by atoms with E-state index in [0.29, 0.717) is 11.8 Å². The Hall–Kier alpha value is -1.47. The summed E-state index contributed by atoms with van der Waals surface area (Å²) in [5.74, 6) is -2.01. The summed E-state index contributed by atoms with van der Waals surface area (Å²) >= 11 is 2.86. The zero-order valence-corrected chi connectivity index (χ0v) is 12.7. The van der Waals surface area contributed by atoms with Gasteiger partial charge in [-0.2, -0.15) is 0 Å². The maximum atomic E-state index is 13.7. The van der Waals surface area contributed by atoms with Gasteiger partial charge in [0.1, 0.15) is 16.5 Å². The van der Waals surface area contributed by atoms with E-state index in [1.54, 1.807) is 31.2 Å². The van der Waals surface area contributed by atoms with Crippen LogP contribution in [0.1, 0.15) is 5.56 Å². The van der Waals surface area contributed by atoms with Crippen LogP contribution in [0.25, 0.3) is 0 Å². The quantitative estimate of drug-likeness (QED) is 0.902. The average molecular weight is 362 g/mol. The van der Waals surface area contributed by atoms with Crippen molar-refractivity contribution >= 4 is 31.6 Å². The van der Waals surface area contributed by atoms with E-state index in [-0.39, 0.29) is 4.47 Å². The fourth-order valence-corrected chi connectivity index (χ4v) is 3.92. The maximum absolute atomic E-state index is 13.7. The summed E-state index contributed by atoms with van der Waals surface area (Å²) in [4.78, 5) is -0.625. The highest BCUT2D eigenvalue weighted by atomic mass is 79.9. The minimum atomic E-state index is -4.15. The van der Waals surface area contributed by atoms with Crippen LogP contribution >= 0.6 is 15.9 Å². The molecule has 0 aliphatic carbocycles. The SMILES string of the molecule is Cc1cccc(NS(=O)(=O)c2c(F)cc(F)cc2Br)c1. The lowest BCUT2D eigenvalue weighted by Gasteiger charge is -2.11. The van der Waals surface area contributed by atoms with Gasteiger partial charge in [0.05, 0.1) is 0 Å². The Labute approximate surface area is 123 Å². The normalized spacial score (nSPS) is 11.4. The first-order valence-electron chi connectivity index (χ1n) is 5.53. The van der Waals surface area contributed by atoms with Crippen LogP contribution in [0.2, 0.25) is 0 Å². The van der Waals surface area contributed by atoms with Crippen molar-refractivity contribution in [3.8, 4) is 0 Å². The lowest BCUT2D eigenvalue weighted by molar-refractivity contribution is 0.548. The zero-order valence-electron chi connectivity index (χ0n) is 10.3. The molecule has 0 heterocycles. The number of rotatable bonds is 3. The molecule has 3 nitrogen and oxygen atoms in total. The van der Waals surface area contributed by atoms with Crippen LogP contribution in [0.5, 0.6) is 0 Å². The molecule has 2 rings (SSSR count). The predicted octanol–water partition coefficient (Wildman–Crippen LogP) is 3.84. The van der Waals surface area contributed by atoms with Gasteiger partial charge >= 0.3 is 0 Å². The van der Waals surface area contributed by atoms with Crippen LogP contribution in [-0.4, -0.2) is 8.42 Å². The molecule has 0 saturated carbocycles. The van der Waals surface area contributed by atoms with E-state index in [4.69, 9.17) is 0 Å². The van der Waals surface area contributed by atoms with Crippen molar-refractivity contribution < 1.29 is 17.2 Å². The van der Waals surface area contributed by atoms with Gasteiger partial charge in [-0.1, -0.05) is 12.1 Å². The van der Waals surface area contributed by atoms with Crippen LogP contribution in [0.15, 0.2) is 45.8 Å². The van der Waals surface area contributed by atoms with E-state index in [1.807, 2.05) is 0 Å². The molecular formula is C13H10BrF2NO2S. The second kappa shape index (κ2) is 5.49. The molecule has 0 fully saturated rings. The Bertz CT molecular complexity index is 740. The van der Waals surface area contributed by atoms with Crippen molar-refractivity contribution in [1.82, 2.24) is 0 Å². The number of hydrogen-bond donors (Lipinski definition) is 1. The molecule has 20 heavy (non-hydrogen) atoms. The number of nitrogens with one attached hydrogen (secondary N) is 1. The summed E-state index contributed by atoms with van der Waals surface area (Å²) < 4.78 is 53.1. The van der Waals surface area contributed by atoms with Crippen molar-refractivity contribution in [2.45, 2.75) is 11.8 Å². The summed E-state index contributed by atoms with van der Waals surface area (Å²) in [6, 6.07) is 8.03. The van der Waals surface area contributed by atoms with Gasteiger partial charge in [-0.15, -0.1) is 0 Å². The molecule has 7 heteroatoms. The van der Waals surface area contributed by atoms with Crippen molar-refractivity contribution in [3.05, 3.63) is 58.1 Å². The highest BCUT2D eigenvalue weighted by Crippen LogP contribution is 2.28. The van der Waals surface area contributed by atoms with Gasteiger partial charge in [0.2, 0.25) is 0 Å². The molecule has 0 spiro atoms. The molecule has 2 aromatic carbocycles. The summed E-state index contributed by atoms with van der Waals surface area (Å²) in [6.07, 6.45) is 0. The summed E-state index contributed by atoms with van der Waals surface area (Å²) in [6.45, 7) is 1.80. The molecule has 0 aromatic heterocycles. The Balaban J connectivity index is 2.46. The first kappa shape index (κ1) is 14.9. The second-order valence-electron chi connectivity index (χ2n) is 4.17. The van der Waals surface area contributed by atoms with E-state index in [1.165, 1.54) is 0 Å². The van der Waals surface area contributed by atoms with Crippen LogP contribution in [-0.2, 0) is 10.0 Å². The van der Waals surface area contributed by atoms with E-state index >= 15 is 0 Å². The highest BCUT2D eigenvalue weighted by molar-refractivity contribution is 9.10. The predicted molar refractivity (Wildman–Crippen MR) is 76.0 cm³/mol. The van der Waals surface area contributed by atoms with Gasteiger partial charge in [0.15, 0.2) is 0 Å². The number of halogens is 3. The third kappa shape index (κ3) is 3.16. The van der Waals surface area contributed by atoms with Gasteiger partial charge in [-0.25, -0.2) is 17.2 Å². The van der Waals surface area contributed by atoms with E-state index in [9.17, 15) is 17.2 Å². The van der Waals surface area contributed by atoms with Crippen molar-refractivity contribution in [3.63, 3.8) is 0 Å². The minimum absolute atomic E-state index is 0.171. The first-order chi connectivity index (χ1) is 9.29. The van der Waals surface area contributed by atoms with Crippen LogP contribution in [0.4, 0.5) is 14.5 Å². The molecule has 0 radical (unpaired) electrons. The topological polar surface area (TPSA) is 46.2 Å². The van der Waals surface area contributed by atoms with E-state index in [0.717, 1.165) is 11.6 Å². The molecule has 0 aliphatic heterocycles. The number of sulfonamides is 1. The Morgan fingerprint density at radius 2 is 1.85 bits per heavy atom. The van der Waals surface area contributed by atoms with Gasteiger partial charge < -0.3 is 0 Å². The smallest absolute Gasteiger partial charge is 0.265 e. The number of benzene rings is 2. The van der Waals surface area contributed by atoms with Crippen molar-refractivity contribution in [2.24, 2.45) is 0 Å². The lowest BCUT2D eigenvalue weighted by Crippen LogP contribution is -2.15. The van der Waals surface area contributed by atoms with Gasteiger partial charge in [0, 0.05) is 16.2 Å². The Morgan fingerprint density at radius 3 is 2.45 bits per heavy atom. The standard InChI is InChI=1S/C13H10BrF2NO2S/c1-8-3-2-4-10(5-8)17-20(18,19)13-11(14)6-9(15)7-12(13)16/h2-7,17H,1H3. The van der Waals surface area contributed by atoms with Gasteiger partial charge in [-0.05, 0) is 46.6 Å². The largest absolute Gasteiger partial charge is 0.280 e. The second-order valence-corrected chi connectivity index (χ2v) is 6.65. The van der Waals surface area contributed by atoms with E-state index < -0.39 is 26.6 Å². The lowest BCUT2D eigenvalue weighted by atomic mass is 10.2. The minimum Gasteiger partial charge on any atom is -0.280 e. The third-order valence-corrected chi connectivity index (χ3v) is 4.85. The first-order valence-corrected chi connectivity index (χ1v) is 7.81. The molecular weight excluding hydrogens is 352 g/mol. The van der Waals surface area contributed by atoms with E-state index in [2.05, 4.69) is 20.7 Å². The summed E-state index contributed by atoms with van der Waals surface area (Å²) in [5, 5.41) is 0. The molecule has 0 saturated heterocycles. The monoisotopic (exact) mass is 361 g/mol. The van der Waals surface area contributed by atoms with Gasteiger partial charge in [-0.3, -0.25) is 4.72 Å². The van der Waals surface area contributed by atoms with Crippen LogP contribution < -0.4 is 4.72 Å². The number of aryl methyl sites for hydroxylation is 1. The molecule has 106 valence electrons. The van der Waals surface area contributed by atoms with Crippen LogP contribution in [0, 0.1) is 18.6 Å². The molecule has 1 N–H and O–H groups in total. The van der Waals surface area contributed by atoms with Gasteiger partial charge in [0.25, 0.3) is 10.0 Å². The number of anilines is 1.